The van der Waals surface area contributed by atoms with Gasteiger partial charge in [-0.3, -0.25) is 0 Å². The molecule has 0 radical (unpaired) electrons. The van der Waals surface area contributed by atoms with E-state index in [0.717, 1.165) is 0 Å². The second-order valence-electron chi connectivity index (χ2n) is 3.50. The van der Waals surface area contributed by atoms with Crippen molar-refractivity contribution >= 4 is 14.3 Å². The monoisotopic (exact) mass is 188 g/mol. The van der Waals surface area contributed by atoms with E-state index in [1.807, 2.05) is 26.6 Å². The minimum Gasteiger partial charge on any atom is -0.540 e. The van der Waals surface area contributed by atoms with Crippen molar-refractivity contribution in [2.24, 2.45) is 0 Å². The van der Waals surface area contributed by atoms with E-state index in [1.54, 1.807) is 6.08 Å². The number of rotatable bonds is 4. The highest BCUT2D eigenvalue weighted by Gasteiger charge is 2.20. The van der Waals surface area contributed by atoms with Crippen molar-refractivity contribution in [3.63, 3.8) is 0 Å². The lowest BCUT2D eigenvalue weighted by atomic mass is 10.4. The van der Waals surface area contributed by atoms with E-state index in [1.165, 1.54) is 0 Å². The standard InChI is InChI=1S/C8H16O3Si/c1-5-6-7(8(9)10)11-12(2,3)4/h6H,5H2,1-4H3,(H,9,10). The van der Waals surface area contributed by atoms with Crippen molar-refractivity contribution < 1.29 is 14.3 Å². The topological polar surface area (TPSA) is 46.5 Å². The maximum atomic E-state index is 10.6. The van der Waals surface area contributed by atoms with E-state index in [-0.39, 0.29) is 5.76 Å². The van der Waals surface area contributed by atoms with Crippen LogP contribution in [0.25, 0.3) is 0 Å². The van der Waals surface area contributed by atoms with E-state index in [0.29, 0.717) is 6.42 Å². The Morgan fingerprint density at radius 1 is 1.50 bits per heavy atom. The molecule has 0 saturated heterocycles. The lowest BCUT2D eigenvalue weighted by molar-refractivity contribution is -0.135. The van der Waals surface area contributed by atoms with Crippen molar-refractivity contribution in [3.8, 4) is 0 Å². The van der Waals surface area contributed by atoms with Crippen LogP contribution in [0, 0.1) is 0 Å². The molecule has 0 amide bonds. The number of carboxylic acids is 1. The molecule has 70 valence electrons. The lowest BCUT2D eigenvalue weighted by Gasteiger charge is -2.19. The Morgan fingerprint density at radius 2 is 2.00 bits per heavy atom. The largest absolute Gasteiger partial charge is 0.540 e. The number of carboxylic acid groups (broad SMARTS) is 1. The third-order valence-electron chi connectivity index (χ3n) is 1.02. The Balaban J connectivity index is 4.36. The van der Waals surface area contributed by atoms with Crippen LogP contribution in [0.4, 0.5) is 0 Å². The summed E-state index contributed by atoms with van der Waals surface area (Å²) >= 11 is 0. The summed E-state index contributed by atoms with van der Waals surface area (Å²) < 4.78 is 5.34. The minimum absolute atomic E-state index is 0.0941. The first-order valence-electron chi connectivity index (χ1n) is 3.99. The zero-order chi connectivity index (χ0) is 9.78. The molecule has 0 atom stereocenters. The molecule has 0 aromatic carbocycles. The molecule has 0 spiro atoms. The number of carbonyl (C=O) groups is 1. The summed E-state index contributed by atoms with van der Waals surface area (Å²) in [5.74, 6) is -0.879. The fraction of sp³-hybridized carbons (Fsp3) is 0.625. The van der Waals surface area contributed by atoms with Crippen LogP contribution >= 0.6 is 0 Å². The van der Waals surface area contributed by atoms with Gasteiger partial charge in [0.05, 0.1) is 0 Å². The Labute approximate surface area is 74.2 Å². The van der Waals surface area contributed by atoms with Crippen LogP contribution in [0.1, 0.15) is 13.3 Å². The van der Waals surface area contributed by atoms with Crippen molar-refractivity contribution in [1.82, 2.24) is 0 Å². The van der Waals surface area contributed by atoms with E-state index >= 15 is 0 Å². The van der Waals surface area contributed by atoms with E-state index < -0.39 is 14.3 Å². The van der Waals surface area contributed by atoms with E-state index in [4.69, 9.17) is 9.53 Å². The van der Waals surface area contributed by atoms with Gasteiger partial charge in [-0.1, -0.05) is 6.92 Å². The molecule has 0 saturated carbocycles. The normalized spacial score (nSPS) is 12.8. The molecule has 0 heterocycles. The summed E-state index contributed by atoms with van der Waals surface area (Å²) in [5, 5.41) is 8.70. The third kappa shape index (κ3) is 4.95. The SMILES string of the molecule is CCC=C(O[Si](C)(C)C)C(=O)O. The van der Waals surface area contributed by atoms with Crippen LogP contribution in [-0.4, -0.2) is 19.4 Å². The molecule has 4 heteroatoms. The molecule has 0 rings (SSSR count). The van der Waals surface area contributed by atoms with Crippen LogP contribution in [0.2, 0.25) is 19.6 Å². The van der Waals surface area contributed by atoms with Crippen molar-refractivity contribution in [3.05, 3.63) is 11.8 Å². The zero-order valence-electron chi connectivity index (χ0n) is 8.05. The van der Waals surface area contributed by atoms with Gasteiger partial charge in [-0.05, 0) is 32.1 Å². The second-order valence-corrected chi connectivity index (χ2v) is 7.93. The van der Waals surface area contributed by atoms with Gasteiger partial charge in [0.15, 0.2) is 5.76 Å². The smallest absolute Gasteiger partial charge is 0.369 e. The molecule has 0 aliphatic rings. The Kier molecular flexibility index (Phi) is 4.02. The molecule has 0 fully saturated rings. The molecule has 0 aromatic heterocycles. The summed E-state index contributed by atoms with van der Waals surface area (Å²) in [5.41, 5.74) is 0. The van der Waals surface area contributed by atoms with Gasteiger partial charge in [0, 0.05) is 0 Å². The maximum absolute atomic E-state index is 10.6. The van der Waals surface area contributed by atoms with Gasteiger partial charge in [0.25, 0.3) is 0 Å². The molecule has 3 nitrogen and oxygen atoms in total. The predicted octanol–water partition coefficient (Wildman–Crippen LogP) is 2.22. The first-order valence-corrected chi connectivity index (χ1v) is 7.40. The van der Waals surface area contributed by atoms with Crippen LogP contribution in [0.15, 0.2) is 11.8 Å². The van der Waals surface area contributed by atoms with Gasteiger partial charge >= 0.3 is 5.97 Å². The Bertz CT molecular complexity index is 191. The van der Waals surface area contributed by atoms with Crippen LogP contribution in [-0.2, 0) is 9.22 Å². The Hall–Kier alpha value is -0.773. The molecule has 0 unspecified atom stereocenters. The summed E-state index contributed by atoms with van der Waals surface area (Å²) in [6.45, 7) is 7.76. The quantitative estimate of drug-likeness (QED) is 0.418. The summed E-state index contributed by atoms with van der Waals surface area (Å²) in [7, 11) is -1.77. The summed E-state index contributed by atoms with van der Waals surface area (Å²) in [6.07, 6.45) is 2.28. The van der Waals surface area contributed by atoms with Crippen LogP contribution < -0.4 is 0 Å². The highest BCUT2D eigenvalue weighted by atomic mass is 28.4. The summed E-state index contributed by atoms with van der Waals surface area (Å²) in [6, 6.07) is 0. The van der Waals surface area contributed by atoms with Gasteiger partial charge in [0.1, 0.15) is 0 Å². The van der Waals surface area contributed by atoms with Crippen LogP contribution in [0.5, 0.6) is 0 Å². The van der Waals surface area contributed by atoms with Crippen molar-refractivity contribution in [2.75, 3.05) is 0 Å². The number of aliphatic carboxylic acids is 1. The molecule has 0 aliphatic carbocycles. The average molecular weight is 188 g/mol. The zero-order valence-corrected chi connectivity index (χ0v) is 9.05. The molecule has 0 aliphatic heterocycles. The van der Waals surface area contributed by atoms with Gasteiger partial charge < -0.3 is 9.53 Å². The third-order valence-corrected chi connectivity index (χ3v) is 1.85. The van der Waals surface area contributed by atoms with Gasteiger partial charge in [0.2, 0.25) is 8.32 Å². The maximum Gasteiger partial charge on any atom is 0.369 e. The molecule has 12 heavy (non-hydrogen) atoms. The minimum atomic E-state index is -1.77. The highest BCUT2D eigenvalue weighted by molar-refractivity contribution is 6.70. The fourth-order valence-corrected chi connectivity index (χ4v) is 1.52. The molecular formula is C8H16O3Si. The molecular weight excluding hydrogens is 172 g/mol. The number of hydrogen-bond acceptors (Lipinski definition) is 2. The van der Waals surface area contributed by atoms with Crippen molar-refractivity contribution in [1.29, 1.82) is 0 Å². The van der Waals surface area contributed by atoms with Crippen molar-refractivity contribution in [2.45, 2.75) is 33.0 Å². The van der Waals surface area contributed by atoms with E-state index in [2.05, 4.69) is 0 Å². The van der Waals surface area contributed by atoms with Gasteiger partial charge in [-0.25, -0.2) is 4.79 Å². The molecule has 0 bridgehead atoms. The van der Waals surface area contributed by atoms with E-state index in [9.17, 15) is 4.79 Å². The van der Waals surface area contributed by atoms with Gasteiger partial charge in [-0.2, -0.15) is 0 Å². The van der Waals surface area contributed by atoms with Gasteiger partial charge in [-0.15, -0.1) is 0 Å². The average Bonchev–Trinajstić information content (AvgIpc) is 1.83. The predicted molar refractivity (Wildman–Crippen MR) is 50.4 cm³/mol. The fourth-order valence-electron chi connectivity index (χ4n) is 0.688. The first-order chi connectivity index (χ1) is 5.37. The first kappa shape index (κ1) is 11.2. The number of hydrogen-bond donors (Lipinski definition) is 1. The van der Waals surface area contributed by atoms with Crippen LogP contribution in [0.3, 0.4) is 0 Å². The highest BCUT2D eigenvalue weighted by Crippen LogP contribution is 2.10. The Morgan fingerprint density at radius 3 is 2.25 bits per heavy atom. The molecule has 1 N–H and O–H groups in total. The summed E-state index contributed by atoms with van der Waals surface area (Å²) in [4.78, 5) is 10.6. The lowest BCUT2D eigenvalue weighted by Crippen LogP contribution is -2.27. The number of allylic oxidation sites excluding steroid dienone is 1. The second kappa shape index (κ2) is 4.30. The molecule has 0 aromatic rings.